The summed E-state index contributed by atoms with van der Waals surface area (Å²) < 4.78 is 26.6. The van der Waals surface area contributed by atoms with Gasteiger partial charge in [-0.2, -0.15) is 11.1 Å². The fourth-order valence-corrected chi connectivity index (χ4v) is 7.24. The van der Waals surface area contributed by atoms with E-state index in [0.29, 0.717) is 5.92 Å². The Morgan fingerprint density at radius 1 is 0.704 bits per heavy atom. The second-order valence-corrected chi connectivity index (χ2v) is 11.9. The van der Waals surface area contributed by atoms with Crippen LogP contribution in [0, 0.1) is 23.5 Å². The Balaban J connectivity index is 1.36. The first-order valence-corrected chi connectivity index (χ1v) is 13.1. The van der Waals surface area contributed by atoms with Crippen LogP contribution in [0.4, 0.5) is 8.78 Å². The molecule has 4 heteroatoms. The van der Waals surface area contributed by atoms with Gasteiger partial charge in [-0.05, 0) is 84.3 Å². The van der Waals surface area contributed by atoms with E-state index in [-0.39, 0.29) is 0 Å². The largest absolute Gasteiger partial charge is 0.204 e. The highest BCUT2D eigenvalue weighted by atomic mass is 35.6. The van der Waals surface area contributed by atoms with E-state index in [1.54, 1.807) is 6.07 Å². The Bertz CT molecular complexity index is 760. The molecule has 2 aromatic carbocycles. The highest BCUT2D eigenvalue weighted by Gasteiger charge is 2.31. The molecule has 2 fully saturated rings. The molecule has 4 rings (SSSR count). The monoisotopic (exact) mass is 403 g/mol. The number of benzene rings is 2. The first-order valence-electron chi connectivity index (χ1n) is 10.2. The predicted octanol–water partition coefficient (Wildman–Crippen LogP) is 7.55. The number of halogens is 3. The van der Waals surface area contributed by atoms with Gasteiger partial charge in [-0.3, -0.25) is 0 Å². The first-order chi connectivity index (χ1) is 13.1. The minimum absolute atomic E-state index is 0.520. The fraction of sp³-hybridized carbons (Fsp3) is 0.478. The zero-order valence-corrected chi connectivity index (χ0v) is 17.3. The molecule has 0 atom stereocenters. The number of hydrogen-bond acceptors (Lipinski definition) is 0. The third-order valence-corrected chi connectivity index (χ3v) is 9.44. The summed E-state index contributed by atoms with van der Waals surface area (Å²) in [6.45, 7) is 0. The van der Waals surface area contributed by atoms with Crippen molar-refractivity contribution in [3.63, 3.8) is 0 Å². The Morgan fingerprint density at radius 2 is 1.30 bits per heavy atom. The van der Waals surface area contributed by atoms with Crippen LogP contribution in [-0.4, -0.2) is 8.11 Å². The molecule has 1 aliphatic heterocycles. The molecule has 0 aromatic heterocycles. The van der Waals surface area contributed by atoms with Gasteiger partial charge in [0.25, 0.3) is 0 Å². The van der Waals surface area contributed by atoms with Gasteiger partial charge in [0, 0.05) is 0 Å². The standard InChI is InChI=1S/C23H26ClF2Si/c24-27-13-11-20(12-14-27)18-3-1-16(2-4-18)17-5-7-19(8-6-17)21-9-10-22(25)23(26)15-21/h5-10,15-16,18,20H,1-4,11-14H2. The first kappa shape index (κ1) is 19.1. The second-order valence-electron chi connectivity index (χ2n) is 8.22. The molecule has 1 saturated carbocycles. The summed E-state index contributed by atoms with van der Waals surface area (Å²) in [5.41, 5.74) is 3.04. The van der Waals surface area contributed by atoms with E-state index < -0.39 is 19.7 Å². The zero-order valence-electron chi connectivity index (χ0n) is 15.6. The normalized spacial score (nSPS) is 24.9. The molecular weight excluding hydrogens is 378 g/mol. The molecule has 0 N–H and O–H groups in total. The summed E-state index contributed by atoms with van der Waals surface area (Å²) in [4.78, 5) is 0. The second kappa shape index (κ2) is 8.44. The van der Waals surface area contributed by atoms with E-state index in [9.17, 15) is 8.78 Å². The van der Waals surface area contributed by atoms with Gasteiger partial charge in [0.2, 0.25) is 0 Å². The summed E-state index contributed by atoms with van der Waals surface area (Å²) in [6.07, 6.45) is 7.93. The van der Waals surface area contributed by atoms with Gasteiger partial charge < -0.3 is 0 Å². The van der Waals surface area contributed by atoms with Crippen LogP contribution in [0.3, 0.4) is 0 Å². The van der Waals surface area contributed by atoms with Gasteiger partial charge >= 0.3 is 0 Å². The highest BCUT2D eigenvalue weighted by Crippen LogP contribution is 2.43. The van der Waals surface area contributed by atoms with Crippen molar-refractivity contribution in [1.29, 1.82) is 0 Å². The van der Waals surface area contributed by atoms with Crippen molar-refractivity contribution >= 4 is 19.2 Å². The van der Waals surface area contributed by atoms with Crippen LogP contribution in [0.15, 0.2) is 42.5 Å². The van der Waals surface area contributed by atoms with E-state index in [0.717, 1.165) is 23.0 Å². The van der Waals surface area contributed by atoms with Gasteiger partial charge in [0.1, 0.15) is 0 Å². The van der Waals surface area contributed by atoms with E-state index in [2.05, 4.69) is 12.1 Å². The molecule has 1 radical (unpaired) electrons. The molecule has 0 unspecified atom stereocenters. The van der Waals surface area contributed by atoms with E-state index in [1.807, 2.05) is 12.1 Å². The Kier molecular flexibility index (Phi) is 5.98. The predicted molar refractivity (Wildman–Crippen MR) is 110 cm³/mol. The molecule has 2 aromatic rings. The lowest BCUT2D eigenvalue weighted by atomic mass is 9.72. The lowest BCUT2D eigenvalue weighted by Crippen LogP contribution is -2.26. The van der Waals surface area contributed by atoms with Crippen molar-refractivity contribution in [2.45, 2.75) is 56.5 Å². The lowest BCUT2D eigenvalue weighted by Gasteiger charge is -2.36. The topological polar surface area (TPSA) is 0 Å². The molecule has 0 amide bonds. The molecule has 1 saturated heterocycles. The summed E-state index contributed by atoms with van der Waals surface area (Å²) >= 11 is 6.36. The average Bonchev–Trinajstić information content (AvgIpc) is 2.71. The molecule has 27 heavy (non-hydrogen) atoms. The molecule has 2 aliphatic rings. The van der Waals surface area contributed by atoms with Crippen LogP contribution in [0.5, 0.6) is 0 Å². The molecule has 0 nitrogen and oxygen atoms in total. The van der Waals surface area contributed by atoms with Crippen LogP contribution in [-0.2, 0) is 0 Å². The van der Waals surface area contributed by atoms with E-state index >= 15 is 0 Å². The SMILES string of the molecule is Fc1ccc(-c2ccc(C3CCC(C4CC[Si](Cl)CC4)CC3)cc2)cc1F. The maximum absolute atomic E-state index is 13.5. The summed E-state index contributed by atoms with van der Waals surface area (Å²) in [6, 6.07) is 15.1. The van der Waals surface area contributed by atoms with Gasteiger partial charge in [-0.1, -0.05) is 43.2 Å². The molecule has 1 heterocycles. The van der Waals surface area contributed by atoms with E-state index in [1.165, 1.54) is 68.3 Å². The smallest absolute Gasteiger partial charge is 0.165 e. The Hall–Kier alpha value is -1.19. The summed E-state index contributed by atoms with van der Waals surface area (Å²) in [5, 5.41) is 0. The lowest BCUT2D eigenvalue weighted by molar-refractivity contribution is 0.217. The minimum Gasteiger partial charge on any atom is -0.204 e. The van der Waals surface area contributed by atoms with Crippen molar-refractivity contribution in [2.24, 2.45) is 11.8 Å². The van der Waals surface area contributed by atoms with Crippen LogP contribution < -0.4 is 0 Å². The molecule has 0 bridgehead atoms. The van der Waals surface area contributed by atoms with Gasteiger partial charge in [-0.25, -0.2) is 8.78 Å². The van der Waals surface area contributed by atoms with Crippen LogP contribution in [0.1, 0.15) is 50.0 Å². The maximum Gasteiger partial charge on any atom is 0.165 e. The quantitative estimate of drug-likeness (QED) is 0.366. The third kappa shape index (κ3) is 4.46. The zero-order chi connectivity index (χ0) is 18.8. The Labute approximate surface area is 167 Å². The van der Waals surface area contributed by atoms with Gasteiger partial charge in [0.05, 0.1) is 0 Å². The van der Waals surface area contributed by atoms with Crippen molar-refractivity contribution in [1.82, 2.24) is 0 Å². The van der Waals surface area contributed by atoms with Crippen LogP contribution >= 0.6 is 11.1 Å². The maximum atomic E-state index is 13.5. The third-order valence-electron chi connectivity index (χ3n) is 6.65. The summed E-state index contributed by atoms with van der Waals surface area (Å²) in [5.74, 6) is 0.855. The molecule has 0 spiro atoms. The van der Waals surface area contributed by atoms with Crippen molar-refractivity contribution in [3.8, 4) is 11.1 Å². The minimum atomic E-state index is -0.798. The van der Waals surface area contributed by atoms with Crippen molar-refractivity contribution in [3.05, 3.63) is 59.7 Å². The molecule has 1 aliphatic carbocycles. The van der Waals surface area contributed by atoms with Crippen LogP contribution in [0.25, 0.3) is 11.1 Å². The van der Waals surface area contributed by atoms with Crippen LogP contribution in [0.2, 0.25) is 12.1 Å². The number of rotatable bonds is 3. The summed E-state index contributed by atoms with van der Waals surface area (Å²) in [7, 11) is -0.520. The van der Waals surface area contributed by atoms with E-state index in [4.69, 9.17) is 11.1 Å². The molecular formula is C23H26ClF2Si. The average molecular weight is 404 g/mol. The van der Waals surface area contributed by atoms with Crippen molar-refractivity contribution in [2.75, 3.05) is 0 Å². The fourth-order valence-electron chi connectivity index (χ4n) is 4.97. The molecule has 143 valence electrons. The highest BCUT2D eigenvalue weighted by molar-refractivity contribution is 7.07. The Morgan fingerprint density at radius 3 is 1.93 bits per heavy atom. The number of hydrogen-bond donors (Lipinski definition) is 0. The van der Waals surface area contributed by atoms with Gasteiger partial charge in [-0.15, -0.1) is 0 Å². The van der Waals surface area contributed by atoms with Crippen molar-refractivity contribution < 1.29 is 8.78 Å². The van der Waals surface area contributed by atoms with Gasteiger partial charge in [0.15, 0.2) is 19.7 Å².